The highest BCUT2D eigenvalue weighted by Crippen LogP contribution is 2.24. The van der Waals surface area contributed by atoms with E-state index in [9.17, 15) is 4.39 Å². The fourth-order valence-electron chi connectivity index (χ4n) is 3.20. The van der Waals surface area contributed by atoms with Crippen LogP contribution in [0, 0.1) is 5.82 Å². The van der Waals surface area contributed by atoms with Crippen LogP contribution in [0.4, 0.5) is 10.2 Å². The fourth-order valence-corrected chi connectivity index (χ4v) is 3.20. The van der Waals surface area contributed by atoms with E-state index in [-0.39, 0.29) is 5.82 Å². The molecule has 0 bridgehead atoms. The van der Waals surface area contributed by atoms with E-state index in [0.717, 1.165) is 60.9 Å². The smallest absolute Gasteiger partial charge is 0.161 e. The Morgan fingerprint density at radius 2 is 1.81 bits per heavy atom. The molecule has 2 aromatic carbocycles. The molecule has 0 amide bonds. The zero-order chi connectivity index (χ0) is 17.8. The predicted octanol–water partition coefficient (Wildman–Crippen LogP) is 3.58. The maximum atomic E-state index is 13.0. The fraction of sp³-hybridized carbons (Fsp3) is 0.238. The summed E-state index contributed by atoms with van der Waals surface area (Å²) >= 11 is 0. The van der Waals surface area contributed by atoms with Gasteiger partial charge in [0.1, 0.15) is 11.6 Å². The number of nitrogens with zero attached hydrogens (tertiary/aromatic N) is 2. The molecule has 4 nitrogen and oxygen atoms in total. The highest BCUT2D eigenvalue weighted by atomic mass is 19.1. The van der Waals surface area contributed by atoms with Crippen molar-refractivity contribution in [1.29, 1.82) is 0 Å². The van der Waals surface area contributed by atoms with Crippen molar-refractivity contribution in [2.24, 2.45) is 0 Å². The SMILES string of the molecule is Fc1ccc(CCNc2nc(-c3ccccc3)nc3c2CCNC3)cc1. The van der Waals surface area contributed by atoms with Gasteiger partial charge in [0.25, 0.3) is 0 Å². The Labute approximate surface area is 152 Å². The van der Waals surface area contributed by atoms with Crippen molar-refractivity contribution in [1.82, 2.24) is 15.3 Å². The summed E-state index contributed by atoms with van der Waals surface area (Å²) in [5.41, 5.74) is 4.38. The summed E-state index contributed by atoms with van der Waals surface area (Å²) in [7, 11) is 0. The van der Waals surface area contributed by atoms with E-state index in [1.54, 1.807) is 0 Å². The van der Waals surface area contributed by atoms with Crippen LogP contribution in [0.15, 0.2) is 54.6 Å². The third kappa shape index (κ3) is 3.73. The number of halogens is 1. The topological polar surface area (TPSA) is 49.8 Å². The summed E-state index contributed by atoms with van der Waals surface area (Å²) in [4.78, 5) is 9.56. The first-order valence-electron chi connectivity index (χ1n) is 8.94. The van der Waals surface area contributed by atoms with Crippen molar-refractivity contribution in [3.63, 3.8) is 0 Å². The lowest BCUT2D eigenvalue weighted by Crippen LogP contribution is -2.27. The van der Waals surface area contributed by atoms with E-state index in [0.29, 0.717) is 0 Å². The van der Waals surface area contributed by atoms with Crippen molar-refractivity contribution in [3.05, 3.63) is 77.2 Å². The molecule has 0 fully saturated rings. The highest BCUT2D eigenvalue weighted by molar-refractivity contribution is 5.60. The van der Waals surface area contributed by atoms with Gasteiger partial charge < -0.3 is 10.6 Å². The van der Waals surface area contributed by atoms with Crippen LogP contribution in [0.3, 0.4) is 0 Å². The third-order valence-corrected chi connectivity index (χ3v) is 4.59. The number of anilines is 1. The molecule has 3 aromatic rings. The van der Waals surface area contributed by atoms with Crippen molar-refractivity contribution >= 4 is 5.82 Å². The second-order valence-electron chi connectivity index (χ2n) is 6.42. The average molecular weight is 348 g/mol. The second-order valence-corrected chi connectivity index (χ2v) is 6.42. The van der Waals surface area contributed by atoms with E-state index < -0.39 is 0 Å². The molecule has 0 atom stereocenters. The van der Waals surface area contributed by atoms with Gasteiger partial charge in [-0.3, -0.25) is 0 Å². The molecule has 0 spiro atoms. The molecule has 26 heavy (non-hydrogen) atoms. The van der Waals surface area contributed by atoms with E-state index >= 15 is 0 Å². The van der Waals surface area contributed by atoms with Gasteiger partial charge in [-0.15, -0.1) is 0 Å². The molecular formula is C21H21FN4. The number of hydrogen-bond acceptors (Lipinski definition) is 4. The lowest BCUT2D eigenvalue weighted by atomic mass is 10.1. The van der Waals surface area contributed by atoms with Crippen LogP contribution in [0.2, 0.25) is 0 Å². The van der Waals surface area contributed by atoms with Gasteiger partial charge in [-0.05, 0) is 37.1 Å². The average Bonchev–Trinajstić information content (AvgIpc) is 2.70. The Morgan fingerprint density at radius 3 is 2.62 bits per heavy atom. The molecule has 1 aromatic heterocycles. The third-order valence-electron chi connectivity index (χ3n) is 4.59. The van der Waals surface area contributed by atoms with Crippen LogP contribution in [-0.2, 0) is 19.4 Å². The standard InChI is InChI=1S/C21H21FN4/c22-17-8-6-15(7-9-17)10-13-24-21-18-11-12-23-14-19(18)25-20(26-21)16-4-2-1-3-5-16/h1-9,23H,10-14H2,(H,24,25,26). The zero-order valence-electron chi connectivity index (χ0n) is 14.5. The molecular weight excluding hydrogens is 327 g/mol. The minimum absolute atomic E-state index is 0.202. The van der Waals surface area contributed by atoms with Gasteiger partial charge in [0.15, 0.2) is 5.82 Å². The van der Waals surface area contributed by atoms with Gasteiger partial charge >= 0.3 is 0 Å². The summed E-state index contributed by atoms with van der Waals surface area (Å²) in [6.07, 6.45) is 1.74. The summed E-state index contributed by atoms with van der Waals surface area (Å²) < 4.78 is 13.0. The van der Waals surface area contributed by atoms with Crippen LogP contribution >= 0.6 is 0 Å². The Balaban J connectivity index is 1.56. The minimum Gasteiger partial charge on any atom is -0.369 e. The molecule has 2 N–H and O–H groups in total. The molecule has 0 unspecified atom stereocenters. The Morgan fingerprint density at radius 1 is 1.00 bits per heavy atom. The Kier molecular flexibility index (Phi) is 4.88. The molecule has 1 aliphatic rings. The lowest BCUT2D eigenvalue weighted by Gasteiger charge is -2.21. The summed E-state index contributed by atoms with van der Waals surface area (Å²) in [6.45, 7) is 2.45. The number of nitrogens with one attached hydrogen (secondary N) is 2. The van der Waals surface area contributed by atoms with Gasteiger partial charge in [0.05, 0.1) is 5.69 Å². The van der Waals surface area contributed by atoms with Crippen molar-refractivity contribution in [3.8, 4) is 11.4 Å². The molecule has 5 heteroatoms. The maximum Gasteiger partial charge on any atom is 0.161 e. The number of benzene rings is 2. The van der Waals surface area contributed by atoms with Crippen molar-refractivity contribution < 1.29 is 4.39 Å². The Hall–Kier alpha value is -2.79. The number of hydrogen-bond donors (Lipinski definition) is 2. The minimum atomic E-state index is -0.202. The van der Waals surface area contributed by atoms with Crippen molar-refractivity contribution in [2.45, 2.75) is 19.4 Å². The van der Waals surface area contributed by atoms with Crippen LogP contribution in [0.25, 0.3) is 11.4 Å². The first-order valence-corrected chi connectivity index (χ1v) is 8.94. The molecule has 132 valence electrons. The van der Waals surface area contributed by atoms with Gasteiger partial charge in [-0.25, -0.2) is 14.4 Å². The highest BCUT2D eigenvalue weighted by Gasteiger charge is 2.18. The molecule has 4 rings (SSSR count). The zero-order valence-corrected chi connectivity index (χ0v) is 14.5. The molecule has 0 saturated heterocycles. The summed E-state index contributed by atoms with van der Waals surface area (Å²) in [6, 6.07) is 16.7. The first kappa shape index (κ1) is 16.7. The van der Waals surface area contributed by atoms with Crippen LogP contribution in [-0.4, -0.2) is 23.1 Å². The van der Waals surface area contributed by atoms with Gasteiger partial charge in [-0.1, -0.05) is 42.5 Å². The molecule has 0 radical (unpaired) electrons. The summed E-state index contributed by atoms with van der Waals surface area (Å²) in [5.74, 6) is 1.46. The molecule has 1 aliphatic heterocycles. The molecule has 0 saturated carbocycles. The predicted molar refractivity (Wildman–Crippen MR) is 101 cm³/mol. The quantitative estimate of drug-likeness (QED) is 0.740. The van der Waals surface area contributed by atoms with E-state index in [4.69, 9.17) is 9.97 Å². The number of rotatable bonds is 5. The number of aromatic nitrogens is 2. The maximum absolute atomic E-state index is 13.0. The van der Waals surface area contributed by atoms with Crippen LogP contribution < -0.4 is 10.6 Å². The normalized spacial score (nSPS) is 13.3. The van der Waals surface area contributed by atoms with Crippen LogP contribution in [0.1, 0.15) is 16.8 Å². The van der Waals surface area contributed by atoms with Crippen molar-refractivity contribution in [2.75, 3.05) is 18.4 Å². The van der Waals surface area contributed by atoms with Gasteiger partial charge in [0.2, 0.25) is 0 Å². The monoisotopic (exact) mass is 348 g/mol. The van der Waals surface area contributed by atoms with Gasteiger partial charge in [-0.2, -0.15) is 0 Å². The first-order chi connectivity index (χ1) is 12.8. The Bertz CT molecular complexity index is 879. The van der Waals surface area contributed by atoms with Gasteiger partial charge in [0, 0.05) is 24.2 Å². The lowest BCUT2D eigenvalue weighted by molar-refractivity contribution is 0.624. The van der Waals surface area contributed by atoms with Crippen LogP contribution in [0.5, 0.6) is 0 Å². The molecule has 0 aliphatic carbocycles. The van der Waals surface area contributed by atoms with E-state index in [2.05, 4.69) is 10.6 Å². The number of fused-ring (bicyclic) bond motifs is 1. The largest absolute Gasteiger partial charge is 0.369 e. The van der Waals surface area contributed by atoms with E-state index in [1.165, 1.54) is 17.7 Å². The molecule has 2 heterocycles. The second kappa shape index (κ2) is 7.62. The van der Waals surface area contributed by atoms with E-state index in [1.807, 2.05) is 42.5 Å². The summed E-state index contributed by atoms with van der Waals surface area (Å²) in [5, 5.41) is 6.85.